The Morgan fingerprint density at radius 1 is 1.07 bits per heavy atom. The van der Waals surface area contributed by atoms with Gasteiger partial charge in [-0.1, -0.05) is 0 Å². The number of rotatable bonds is 5. The molecule has 0 aromatic carbocycles. The van der Waals surface area contributed by atoms with Gasteiger partial charge in [0.25, 0.3) is 5.88 Å². The third-order valence-electron chi connectivity index (χ3n) is 3.92. The molecule has 0 saturated carbocycles. The predicted octanol–water partition coefficient (Wildman–Crippen LogP) is 2.81. The van der Waals surface area contributed by atoms with Crippen molar-refractivity contribution in [2.75, 3.05) is 31.1 Å². The average Bonchev–Trinajstić information content (AvgIpc) is 2.69. The summed E-state index contributed by atoms with van der Waals surface area (Å²) in [5, 5.41) is 0. The number of carbonyl (C=O) groups is 1. The van der Waals surface area contributed by atoms with Crippen molar-refractivity contribution in [3.05, 3.63) is 48.4 Å². The third-order valence-corrected chi connectivity index (χ3v) is 3.92. The van der Waals surface area contributed by atoms with Crippen LogP contribution in [0.1, 0.15) is 5.69 Å². The number of aromatic nitrogens is 3. The molecular weight excluding hydrogens is 382 g/mol. The molecule has 1 fully saturated rings. The molecule has 3 rings (SSSR count). The Hall–Kier alpha value is -3.24. The van der Waals surface area contributed by atoms with Gasteiger partial charge in [0.05, 0.1) is 6.20 Å². The van der Waals surface area contributed by atoms with Gasteiger partial charge in [0.1, 0.15) is 11.4 Å². The van der Waals surface area contributed by atoms with E-state index in [0.29, 0.717) is 32.0 Å². The van der Waals surface area contributed by atoms with E-state index >= 15 is 0 Å². The predicted molar refractivity (Wildman–Crippen MR) is 90.4 cm³/mol. The van der Waals surface area contributed by atoms with Gasteiger partial charge < -0.3 is 14.5 Å². The number of piperazine rings is 1. The molecule has 1 saturated heterocycles. The Morgan fingerprint density at radius 2 is 1.79 bits per heavy atom. The van der Waals surface area contributed by atoms with Gasteiger partial charge in [0, 0.05) is 44.8 Å². The highest BCUT2D eigenvalue weighted by Gasteiger charge is 2.32. The first-order valence-corrected chi connectivity index (χ1v) is 8.20. The van der Waals surface area contributed by atoms with Crippen LogP contribution in [-0.2, 0) is 11.0 Å². The van der Waals surface area contributed by atoms with E-state index in [1.165, 1.54) is 12.4 Å². The Balaban J connectivity index is 1.71. The van der Waals surface area contributed by atoms with Crippen LogP contribution >= 0.6 is 0 Å². The number of pyridine rings is 1. The Kier molecular flexibility index (Phi) is 5.71. The number of halogens is 4. The molecule has 0 amide bonds. The standard InChI is InChI=1S/C17H15F4N5O2/c18-12(11-27)10-25-5-7-26(8-6-25)15-16(23-4-3-22-15)28-13-1-2-14(24-9-13)17(19,20)21/h1-4,9-11H,5-8H2. The van der Waals surface area contributed by atoms with Crippen LogP contribution < -0.4 is 9.64 Å². The van der Waals surface area contributed by atoms with Crippen molar-refractivity contribution in [1.29, 1.82) is 0 Å². The van der Waals surface area contributed by atoms with Crippen LogP contribution in [0.3, 0.4) is 0 Å². The number of allylic oxidation sites excluding steroid dienone is 1. The van der Waals surface area contributed by atoms with Crippen LogP contribution in [0.2, 0.25) is 0 Å². The van der Waals surface area contributed by atoms with E-state index in [0.717, 1.165) is 24.5 Å². The minimum absolute atomic E-state index is 0.0874. The topological polar surface area (TPSA) is 71.5 Å². The number of anilines is 1. The molecule has 0 unspecified atom stereocenters. The Morgan fingerprint density at radius 3 is 2.39 bits per heavy atom. The lowest BCUT2D eigenvalue weighted by Crippen LogP contribution is -2.44. The smallest absolute Gasteiger partial charge is 0.433 e. The maximum atomic E-state index is 13.1. The quantitative estimate of drug-likeness (QED) is 0.437. The summed E-state index contributed by atoms with van der Waals surface area (Å²) < 4.78 is 56.4. The summed E-state index contributed by atoms with van der Waals surface area (Å²) in [6.45, 7) is 1.81. The number of aldehydes is 1. The maximum absolute atomic E-state index is 13.1. The molecular formula is C17H15F4N5O2. The van der Waals surface area contributed by atoms with Crippen molar-refractivity contribution in [3.8, 4) is 11.6 Å². The number of ether oxygens (including phenoxy) is 1. The lowest BCUT2D eigenvalue weighted by atomic mass is 10.3. The fourth-order valence-electron chi connectivity index (χ4n) is 2.59. The molecule has 1 aliphatic heterocycles. The SMILES string of the molecule is O=CC(F)=CN1CCN(c2nccnc2Oc2ccc(C(F)(F)F)nc2)CC1. The number of alkyl halides is 3. The van der Waals surface area contributed by atoms with E-state index in [-0.39, 0.29) is 17.9 Å². The molecule has 0 radical (unpaired) electrons. The molecule has 1 aliphatic rings. The van der Waals surface area contributed by atoms with Gasteiger partial charge in [-0.3, -0.25) is 4.79 Å². The van der Waals surface area contributed by atoms with Crippen molar-refractivity contribution < 1.29 is 27.1 Å². The monoisotopic (exact) mass is 397 g/mol. The molecule has 0 N–H and O–H groups in total. The molecule has 11 heteroatoms. The first kappa shape index (κ1) is 19.5. The van der Waals surface area contributed by atoms with Gasteiger partial charge in [0.15, 0.2) is 17.9 Å². The number of hydrogen-bond acceptors (Lipinski definition) is 7. The van der Waals surface area contributed by atoms with E-state index in [9.17, 15) is 22.4 Å². The van der Waals surface area contributed by atoms with Crippen molar-refractivity contribution >= 4 is 12.1 Å². The van der Waals surface area contributed by atoms with Crippen molar-refractivity contribution in [2.45, 2.75) is 6.18 Å². The van der Waals surface area contributed by atoms with Crippen molar-refractivity contribution in [2.24, 2.45) is 0 Å². The fourth-order valence-corrected chi connectivity index (χ4v) is 2.59. The van der Waals surface area contributed by atoms with Crippen molar-refractivity contribution in [1.82, 2.24) is 19.9 Å². The van der Waals surface area contributed by atoms with E-state index in [1.807, 2.05) is 4.90 Å². The van der Waals surface area contributed by atoms with Crippen LogP contribution in [0.25, 0.3) is 0 Å². The second kappa shape index (κ2) is 8.19. The van der Waals surface area contributed by atoms with Gasteiger partial charge in [-0.25, -0.2) is 19.3 Å². The molecule has 148 valence electrons. The molecule has 0 atom stereocenters. The molecule has 28 heavy (non-hydrogen) atoms. The number of hydrogen-bond donors (Lipinski definition) is 0. The van der Waals surface area contributed by atoms with Crippen LogP contribution in [0.4, 0.5) is 23.4 Å². The Bertz CT molecular complexity index is 849. The van der Waals surface area contributed by atoms with Crippen LogP contribution in [-0.4, -0.2) is 52.3 Å². The minimum Gasteiger partial charge on any atom is -0.434 e. The van der Waals surface area contributed by atoms with Crippen LogP contribution in [0, 0.1) is 0 Å². The zero-order valence-corrected chi connectivity index (χ0v) is 14.4. The van der Waals surface area contributed by atoms with Crippen LogP contribution in [0.5, 0.6) is 11.6 Å². The summed E-state index contributed by atoms with van der Waals surface area (Å²) in [5.74, 6) is -0.245. The molecule has 3 heterocycles. The molecule has 0 aliphatic carbocycles. The normalized spacial score (nSPS) is 15.5. The van der Waals surface area contributed by atoms with Crippen LogP contribution in [0.15, 0.2) is 42.8 Å². The van der Waals surface area contributed by atoms with Gasteiger partial charge >= 0.3 is 6.18 Å². The highest BCUT2D eigenvalue weighted by atomic mass is 19.4. The summed E-state index contributed by atoms with van der Waals surface area (Å²) in [6, 6.07) is 1.97. The maximum Gasteiger partial charge on any atom is 0.433 e. The molecule has 2 aromatic heterocycles. The highest BCUT2D eigenvalue weighted by Crippen LogP contribution is 2.31. The van der Waals surface area contributed by atoms with Gasteiger partial charge in [-0.05, 0) is 12.1 Å². The zero-order valence-electron chi connectivity index (χ0n) is 14.4. The first-order chi connectivity index (χ1) is 13.4. The average molecular weight is 397 g/mol. The molecule has 0 bridgehead atoms. The second-order valence-electron chi connectivity index (χ2n) is 5.82. The largest absolute Gasteiger partial charge is 0.434 e. The number of carbonyl (C=O) groups excluding carboxylic acids is 1. The highest BCUT2D eigenvalue weighted by molar-refractivity contribution is 5.69. The molecule has 2 aromatic rings. The summed E-state index contributed by atoms with van der Waals surface area (Å²) in [5.41, 5.74) is -1.02. The van der Waals surface area contributed by atoms with E-state index in [2.05, 4.69) is 15.0 Å². The number of nitrogens with zero attached hydrogens (tertiary/aromatic N) is 5. The summed E-state index contributed by atoms with van der Waals surface area (Å²) >= 11 is 0. The van der Waals surface area contributed by atoms with E-state index in [4.69, 9.17) is 4.74 Å². The lowest BCUT2D eigenvalue weighted by Gasteiger charge is -2.34. The Labute approximate surface area is 157 Å². The lowest BCUT2D eigenvalue weighted by molar-refractivity contribution is -0.141. The summed E-state index contributed by atoms with van der Waals surface area (Å²) in [6.07, 6.45) is 0.575. The van der Waals surface area contributed by atoms with Crippen molar-refractivity contribution in [3.63, 3.8) is 0 Å². The molecule has 7 nitrogen and oxygen atoms in total. The zero-order chi connectivity index (χ0) is 20.1. The minimum atomic E-state index is -4.53. The van der Waals surface area contributed by atoms with E-state index in [1.54, 1.807) is 4.90 Å². The van der Waals surface area contributed by atoms with Gasteiger partial charge in [-0.15, -0.1) is 0 Å². The fraction of sp³-hybridized carbons (Fsp3) is 0.294. The van der Waals surface area contributed by atoms with E-state index < -0.39 is 17.7 Å². The molecule has 0 spiro atoms. The summed E-state index contributed by atoms with van der Waals surface area (Å²) in [4.78, 5) is 25.6. The third kappa shape index (κ3) is 4.72. The van der Waals surface area contributed by atoms with Gasteiger partial charge in [-0.2, -0.15) is 13.2 Å². The summed E-state index contributed by atoms with van der Waals surface area (Å²) in [7, 11) is 0. The van der Waals surface area contributed by atoms with Gasteiger partial charge in [0.2, 0.25) is 0 Å². The second-order valence-corrected chi connectivity index (χ2v) is 5.82. The first-order valence-electron chi connectivity index (χ1n) is 8.20.